The third-order valence-electron chi connectivity index (χ3n) is 4.61. The van der Waals surface area contributed by atoms with E-state index in [2.05, 4.69) is 6.58 Å². The normalized spacial score (nSPS) is 13.2. The second kappa shape index (κ2) is 8.02. The molecule has 0 aliphatic rings. The van der Waals surface area contributed by atoms with Gasteiger partial charge in [0.2, 0.25) is 0 Å². The molecular formula is C23H20Cl2OS. The molecule has 3 rings (SSSR count). The number of benzene rings is 2. The lowest BCUT2D eigenvalue weighted by Crippen LogP contribution is -2.35. The Bertz CT molecular complexity index is 970. The molecule has 2 aromatic carbocycles. The summed E-state index contributed by atoms with van der Waals surface area (Å²) < 4.78 is 0. The molecule has 4 heteroatoms. The maximum absolute atomic E-state index is 13.0. The number of halogens is 2. The van der Waals surface area contributed by atoms with E-state index in [0.29, 0.717) is 16.5 Å². The van der Waals surface area contributed by atoms with Crippen molar-refractivity contribution in [3.8, 4) is 10.4 Å². The number of hydrogen-bond donors (Lipinski definition) is 0. The van der Waals surface area contributed by atoms with E-state index in [-0.39, 0.29) is 5.78 Å². The Morgan fingerprint density at radius 2 is 1.63 bits per heavy atom. The summed E-state index contributed by atoms with van der Waals surface area (Å²) in [6.45, 7) is 7.70. The third kappa shape index (κ3) is 4.03. The first kappa shape index (κ1) is 19.9. The number of ketones is 1. The average Bonchev–Trinajstić information content (AvgIpc) is 3.09. The van der Waals surface area contributed by atoms with Gasteiger partial charge >= 0.3 is 0 Å². The Morgan fingerprint density at radius 3 is 2.19 bits per heavy atom. The maximum Gasteiger partial charge on any atom is 0.145 e. The quantitative estimate of drug-likeness (QED) is 0.380. The van der Waals surface area contributed by atoms with Gasteiger partial charge in [-0.2, -0.15) is 0 Å². The fourth-order valence-electron chi connectivity index (χ4n) is 3.43. The Balaban J connectivity index is 2.18. The molecule has 0 spiro atoms. The Hall–Kier alpha value is -1.87. The van der Waals surface area contributed by atoms with Crippen LogP contribution in [0.5, 0.6) is 0 Å². The van der Waals surface area contributed by atoms with Crippen molar-refractivity contribution in [2.24, 2.45) is 0 Å². The van der Waals surface area contributed by atoms with Crippen molar-refractivity contribution in [2.45, 2.75) is 25.7 Å². The van der Waals surface area contributed by atoms with Crippen LogP contribution in [-0.2, 0) is 10.2 Å². The summed E-state index contributed by atoms with van der Waals surface area (Å²) in [5, 5.41) is 1.19. The zero-order valence-electron chi connectivity index (χ0n) is 15.3. The fourth-order valence-corrected chi connectivity index (χ4v) is 5.21. The van der Waals surface area contributed by atoms with Crippen LogP contribution in [0.1, 0.15) is 30.7 Å². The van der Waals surface area contributed by atoms with Crippen molar-refractivity contribution >= 4 is 40.3 Å². The largest absolute Gasteiger partial charge is 0.299 e. The number of thiophene rings is 1. The molecule has 27 heavy (non-hydrogen) atoms. The van der Waals surface area contributed by atoms with Gasteiger partial charge in [0.1, 0.15) is 5.78 Å². The van der Waals surface area contributed by atoms with Crippen molar-refractivity contribution in [3.63, 3.8) is 0 Å². The minimum Gasteiger partial charge on any atom is -0.299 e. The van der Waals surface area contributed by atoms with Crippen LogP contribution in [0.25, 0.3) is 10.4 Å². The van der Waals surface area contributed by atoms with Crippen LogP contribution in [0.4, 0.5) is 0 Å². The van der Waals surface area contributed by atoms with Crippen LogP contribution in [0, 0.1) is 0 Å². The van der Waals surface area contributed by atoms with Crippen LogP contribution < -0.4 is 0 Å². The van der Waals surface area contributed by atoms with Crippen LogP contribution in [0.15, 0.2) is 72.8 Å². The highest BCUT2D eigenvalue weighted by Gasteiger charge is 2.40. The van der Waals surface area contributed by atoms with E-state index in [9.17, 15) is 4.79 Å². The number of hydrogen-bond acceptors (Lipinski definition) is 2. The molecule has 0 saturated carbocycles. The second-order valence-electron chi connectivity index (χ2n) is 6.78. The maximum atomic E-state index is 13.0. The van der Waals surface area contributed by atoms with Crippen molar-refractivity contribution in [1.29, 1.82) is 0 Å². The lowest BCUT2D eigenvalue weighted by Gasteiger charge is -2.31. The minimum atomic E-state index is -0.738. The summed E-state index contributed by atoms with van der Waals surface area (Å²) in [4.78, 5) is 15.0. The predicted molar refractivity (Wildman–Crippen MR) is 117 cm³/mol. The van der Waals surface area contributed by atoms with E-state index in [1.165, 1.54) is 0 Å². The van der Waals surface area contributed by atoms with E-state index in [4.69, 9.17) is 23.2 Å². The van der Waals surface area contributed by atoms with Crippen molar-refractivity contribution in [3.05, 3.63) is 93.3 Å². The zero-order chi connectivity index (χ0) is 19.6. The molecule has 0 unspecified atom stereocenters. The first-order valence-electron chi connectivity index (χ1n) is 8.60. The molecule has 0 radical (unpaired) electrons. The minimum absolute atomic E-state index is 0.106. The Kier molecular flexibility index (Phi) is 5.90. The molecule has 0 aliphatic heterocycles. The van der Waals surface area contributed by atoms with Crippen LogP contribution in [-0.4, -0.2) is 5.78 Å². The first-order chi connectivity index (χ1) is 12.8. The predicted octanol–water partition coefficient (Wildman–Crippen LogP) is 7.56. The highest BCUT2D eigenvalue weighted by atomic mass is 35.5. The van der Waals surface area contributed by atoms with Gasteiger partial charge in [0.25, 0.3) is 0 Å². The fraction of sp³-hybridized carbons (Fsp3) is 0.174. The van der Waals surface area contributed by atoms with Gasteiger partial charge in [-0.05, 0) is 61.7 Å². The second-order valence-corrected chi connectivity index (χ2v) is 8.74. The van der Waals surface area contributed by atoms with Gasteiger partial charge in [0.15, 0.2) is 0 Å². The molecular weight excluding hydrogens is 395 g/mol. The van der Waals surface area contributed by atoms with E-state index < -0.39 is 5.41 Å². The van der Waals surface area contributed by atoms with E-state index >= 15 is 0 Å². The summed E-state index contributed by atoms with van der Waals surface area (Å²) >= 11 is 13.9. The van der Waals surface area contributed by atoms with Gasteiger partial charge in [0.05, 0.1) is 5.41 Å². The molecule has 0 amide bonds. The van der Waals surface area contributed by atoms with Gasteiger partial charge in [-0.3, -0.25) is 4.79 Å². The zero-order valence-corrected chi connectivity index (χ0v) is 17.6. The van der Waals surface area contributed by atoms with Crippen LogP contribution in [0.2, 0.25) is 10.0 Å². The SMILES string of the molecule is C=C(C)C[C@@](C(C)=O)(c1ccccc1)c1ccc(-c2cc(Cl)cc(Cl)c2)s1. The topological polar surface area (TPSA) is 17.1 Å². The average molecular weight is 415 g/mol. The summed E-state index contributed by atoms with van der Waals surface area (Å²) in [6.07, 6.45) is 0.572. The Morgan fingerprint density at radius 1 is 1.00 bits per heavy atom. The first-order valence-corrected chi connectivity index (χ1v) is 10.2. The molecule has 1 heterocycles. The smallest absolute Gasteiger partial charge is 0.145 e. The van der Waals surface area contributed by atoms with Gasteiger partial charge in [0, 0.05) is 19.8 Å². The molecule has 1 atom stereocenters. The van der Waals surface area contributed by atoms with Crippen molar-refractivity contribution in [2.75, 3.05) is 0 Å². The molecule has 0 N–H and O–H groups in total. The molecule has 0 fully saturated rings. The molecule has 0 bridgehead atoms. The van der Waals surface area contributed by atoms with Gasteiger partial charge < -0.3 is 0 Å². The highest BCUT2D eigenvalue weighted by molar-refractivity contribution is 7.15. The Labute approximate surface area is 174 Å². The molecule has 1 nitrogen and oxygen atoms in total. The highest BCUT2D eigenvalue weighted by Crippen LogP contribution is 2.44. The molecule has 0 aliphatic carbocycles. The summed E-state index contributed by atoms with van der Waals surface area (Å²) in [7, 11) is 0. The summed E-state index contributed by atoms with van der Waals surface area (Å²) in [6, 6.07) is 19.5. The molecule has 3 aromatic rings. The van der Waals surface area contributed by atoms with Crippen molar-refractivity contribution in [1.82, 2.24) is 0 Å². The number of carbonyl (C=O) groups excluding carboxylic acids is 1. The molecule has 1 aromatic heterocycles. The van der Waals surface area contributed by atoms with E-state index in [1.54, 1.807) is 24.3 Å². The summed E-state index contributed by atoms with van der Waals surface area (Å²) in [5.74, 6) is 0.106. The number of carbonyl (C=O) groups is 1. The van der Waals surface area contributed by atoms with E-state index in [1.807, 2.05) is 61.5 Å². The van der Waals surface area contributed by atoms with Gasteiger partial charge in [-0.25, -0.2) is 0 Å². The lowest BCUT2D eigenvalue weighted by atomic mass is 9.72. The summed E-state index contributed by atoms with van der Waals surface area (Å²) in [5.41, 5.74) is 2.16. The number of Topliss-reactive ketones (excluding diaryl/α,β-unsaturated/α-hetero) is 1. The van der Waals surface area contributed by atoms with E-state index in [0.717, 1.165) is 26.5 Å². The third-order valence-corrected chi connectivity index (χ3v) is 6.34. The number of rotatable bonds is 6. The monoisotopic (exact) mass is 414 g/mol. The van der Waals surface area contributed by atoms with Crippen LogP contribution >= 0.6 is 34.5 Å². The standard InChI is InChI=1S/C23H20Cl2OS/c1-15(2)14-23(16(3)26,18-7-5-4-6-8-18)22-10-9-21(27-22)17-11-19(24)13-20(25)12-17/h4-13H,1,14H2,2-3H3/t23-/m1/s1. The van der Waals surface area contributed by atoms with Crippen molar-refractivity contribution < 1.29 is 4.79 Å². The number of allylic oxidation sites excluding steroid dienone is 1. The molecule has 0 saturated heterocycles. The lowest BCUT2D eigenvalue weighted by molar-refractivity contribution is -0.121. The van der Waals surface area contributed by atoms with Gasteiger partial charge in [-0.1, -0.05) is 59.1 Å². The molecule has 138 valence electrons. The van der Waals surface area contributed by atoms with Crippen LogP contribution in [0.3, 0.4) is 0 Å². The van der Waals surface area contributed by atoms with Gasteiger partial charge in [-0.15, -0.1) is 17.9 Å².